The molecule has 0 saturated carbocycles. The van der Waals surface area contributed by atoms with Crippen molar-refractivity contribution >= 4 is 17.6 Å². The van der Waals surface area contributed by atoms with Crippen molar-refractivity contribution in [2.75, 3.05) is 23.9 Å². The highest BCUT2D eigenvalue weighted by Gasteiger charge is 1.95. The van der Waals surface area contributed by atoms with Crippen molar-refractivity contribution in [2.45, 2.75) is 12.8 Å². The molecule has 0 aliphatic heterocycles. The summed E-state index contributed by atoms with van der Waals surface area (Å²) in [6, 6.07) is 7.46. The summed E-state index contributed by atoms with van der Waals surface area (Å²) in [6.07, 6.45) is 4.47. The number of nitrogens with zero attached hydrogens (tertiary/aromatic N) is 2. The van der Waals surface area contributed by atoms with E-state index in [2.05, 4.69) is 16.6 Å². The molecule has 0 bridgehead atoms. The molecule has 4 heteroatoms. The van der Waals surface area contributed by atoms with Gasteiger partial charge in [-0.15, -0.1) is 0 Å². The number of hydrogen-bond acceptors (Lipinski definition) is 4. The van der Waals surface area contributed by atoms with Crippen molar-refractivity contribution in [3.05, 3.63) is 23.9 Å². The Morgan fingerprint density at radius 1 is 1.47 bits per heavy atom. The van der Waals surface area contributed by atoms with Gasteiger partial charge in [-0.05, 0) is 37.0 Å². The maximum absolute atomic E-state index is 8.66. The molecule has 3 nitrogen and oxygen atoms in total. The van der Waals surface area contributed by atoms with E-state index >= 15 is 0 Å². The molecule has 0 atom stereocenters. The van der Waals surface area contributed by atoms with Crippen molar-refractivity contribution in [3.8, 4) is 6.07 Å². The van der Waals surface area contributed by atoms with Crippen molar-refractivity contribution in [2.24, 2.45) is 0 Å². The van der Waals surface area contributed by atoms with E-state index in [1.165, 1.54) is 12.2 Å². The fourth-order valence-electron chi connectivity index (χ4n) is 1.18. The van der Waals surface area contributed by atoms with E-state index in [0.717, 1.165) is 18.8 Å². The van der Waals surface area contributed by atoms with Gasteiger partial charge < -0.3 is 5.32 Å². The quantitative estimate of drug-likeness (QED) is 0.750. The lowest BCUT2D eigenvalue weighted by atomic mass is 10.3. The zero-order chi connectivity index (χ0) is 10.9. The Morgan fingerprint density at radius 3 is 3.07 bits per heavy atom. The molecule has 0 aliphatic carbocycles. The van der Waals surface area contributed by atoms with Gasteiger partial charge in [0.25, 0.3) is 0 Å². The van der Waals surface area contributed by atoms with Crippen LogP contribution >= 0.6 is 11.8 Å². The van der Waals surface area contributed by atoms with E-state index in [-0.39, 0.29) is 0 Å². The largest absolute Gasteiger partial charge is 0.370 e. The molecule has 0 unspecified atom stereocenters. The van der Waals surface area contributed by atoms with Crippen LogP contribution in [-0.2, 0) is 0 Å². The van der Waals surface area contributed by atoms with Crippen LogP contribution in [-0.4, -0.2) is 23.5 Å². The number of anilines is 1. The van der Waals surface area contributed by atoms with Crippen LogP contribution in [0.3, 0.4) is 0 Å². The Morgan fingerprint density at radius 2 is 2.33 bits per heavy atom. The van der Waals surface area contributed by atoms with Gasteiger partial charge in [-0.1, -0.05) is 6.07 Å². The van der Waals surface area contributed by atoms with Gasteiger partial charge in [0, 0.05) is 6.54 Å². The minimum atomic E-state index is 0.462. The van der Waals surface area contributed by atoms with Crippen LogP contribution in [0, 0.1) is 11.3 Å². The maximum atomic E-state index is 8.66. The first kappa shape index (κ1) is 11.9. The second-order valence-electron chi connectivity index (χ2n) is 3.15. The average Bonchev–Trinajstić information content (AvgIpc) is 2.29. The van der Waals surface area contributed by atoms with Gasteiger partial charge in [-0.25, -0.2) is 4.98 Å². The van der Waals surface area contributed by atoms with E-state index in [4.69, 9.17) is 5.26 Å². The zero-order valence-corrected chi connectivity index (χ0v) is 9.68. The van der Waals surface area contributed by atoms with E-state index in [9.17, 15) is 0 Å². The van der Waals surface area contributed by atoms with Crippen LogP contribution < -0.4 is 5.32 Å². The molecule has 1 rings (SSSR count). The summed E-state index contributed by atoms with van der Waals surface area (Å²) >= 11 is 1.87. The first-order valence-electron chi connectivity index (χ1n) is 4.97. The predicted molar refractivity (Wildman–Crippen MR) is 65.1 cm³/mol. The molecule has 1 N–H and O–H groups in total. The van der Waals surface area contributed by atoms with Gasteiger partial charge in [-0.2, -0.15) is 17.0 Å². The summed E-state index contributed by atoms with van der Waals surface area (Å²) in [5.74, 6) is 1.99. The third-order valence-electron chi connectivity index (χ3n) is 1.94. The number of nitrogens with one attached hydrogen (secondary N) is 1. The van der Waals surface area contributed by atoms with Gasteiger partial charge in [0.1, 0.15) is 17.6 Å². The standard InChI is InChI=1S/C11H15N3S/c1-15-8-3-2-7-13-11-6-4-5-10(9-12)14-11/h4-6H,2-3,7-8H2,1H3,(H,13,14). The minimum absolute atomic E-state index is 0.462. The van der Waals surface area contributed by atoms with Gasteiger partial charge in [-0.3, -0.25) is 0 Å². The summed E-state index contributed by atoms with van der Waals surface area (Å²) < 4.78 is 0. The third kappa shape index (κ3) is 4.71. The monoisotopic (exact) mass is 221 g/mol. The molecule has 0 aromatic carbocycles. The number of hydrogen-bond donors (Lipinski definition) is 1. The second kappa shape index (κ2) is 7.13. The molecule has 1 aromatic rings. The molecule has 0 spiro atoms. The highest BCUT2D eigenvalue weighted by molar-refractivity contribution is 7.98. The number of aromatic nitrogens is 1. The zero-order valence-electron chi connectivity index (χ0n) is 8.86. The van der Waals surface area contributed by atoms with Gasteiger partial charge in [0.15, 0.2) is 0 Å². The number of thioether (sulfide) groups is 1. The molecule has 1 aromatic heterocycles. The van der Waals surface area contributed by atoms with Gasteiger partial charge in [0.05, 0.1) is 0 Å². The van der Waals surface area contributed by atoms with Crippen LogP contribution in [0.15, 0.2) is 18.2 Å². The number of nitriles is 1. The van der Waals surface area contributed by atoms with Crippen LogP contribution in [0.1, 0.15) is 18.5 Å². The van der Waals surface area contributed by atoms with E-state index in [1.807, 2.05) is 30.0 Å². The molecular formula is C11H15N3S. The average molecular weight is 221 g/mol. The van der Waals surface area contributed by atoms with E-state index in [0.29, 0.717) is 5.69 Å². The maximum Gasteiger partial charge on any atom is 0.142 e. The SMILES string of the molecule is CSCCCCNc1cccc(C#N)n1. The normalized spacial score (nSPS) is 9.60. The molecular weight excluding hydrogens is 206 g/mol. The lowest BCUT2D eigenvalue weighted by Gasteiger charge is -2.04. The van der Waals surface area contributed by atoms with Crippen LogP contribution in [0.25, 0.3) is 0 Å². The Bertz CT molecular complexity index is 333. The lowest BCUT2D eigenvalue weighted by Crippen LogP contribution is -2.04. The summed E-state index contributed by atoms with van der Waals surface area (Å²) in [7, 11) is 0. The van der Waals surface area contributed by atoms with Crippen LogP contribution in [0.4, 0.5) is 5.82 Å². The van der Waals surface area contributed by atoms with Crippen molar-refractivity contribution < 1.29 is 0 Å². The smallest absolute Gasteiger partial charge is 0.142 e. The summed E-state index contributed by atoms with van der Waals surface area (Å²) in [6.45, 7) is 0.919. The molecule has 0 amide bonds. The predicted octanol–water partition coefficient (Wildman–Crippen LogP) is 2.51. The second-order valence-corrected chi connectivity index (χ2v) is 4.13. The Labute approximate surface area is 94.9 Å². The highest BCUT2D eigenvalue weighted by Crippen LogP contribution is 2.05. The van der Waals surface area contributed by atoms with Crippen molar-refractivity contribution in [1.29, 1.82) is 5.26 Å². The fraction of sp³-hybridized carbons (Fsp3) is 0.455. The van der Waals surface area contributed by atoms with Crippen molar-refractivity contribution in [1.82, 2.24) is 4.98 Å². The summed E-state index contributed by atoms with van der Waals surface area (Å²) in [5, 5.41) is 11.9. The molecule has 1 heterocycles. The number of pyridine rings is 1. The Balaban J connectivity index is 2.28. The molecule has 80 valence electrons. The Hall–Kier alpha value is -1.21. The fourth-order valence-corrected chi connectivity index (χ4v) is 1.68. The van der Waals surface area contributed by atoms with E-state index in [1.54, 1.807) is 6.07 Å². The van der Waals surface area contributed by atoms with Gasteiger partial charge in [0.2, 0.25) is 0 Å². The van der Waals surface area contributed by atoms with Gasteiger partial charge >= 0.3 is 0 Å². The van der Waals surface area contributed by atoms with E-state index < -0.39 is 0 Å². The number of unbranched alkanes of at least 4 members (excludes halogenated alkanes) is 1. The molecule has 0 saturated heterocycles. The Kier molecular flexibility index (Phi) is 5.64. The van der Waals surface area contributed by atoms with Crippen molar-refractivity contribution in [3.63, 3.8) is 0 Å². The first-order valence-corrected chi connectivity index (χ1v) is 6.36. The molecule has 0 aliphatic rings. The number of rotatable bonds is 6. The highest BCUT2D eigenvalue weighted by atomic mass is 32.2. The lowest BCUT2D eigenvalue weighted by molar-refractivity contribution is 0.839. The first-order chi connectivity index (χ1) is 7.36. The third-order valence-corrected chi connectivity index (χ3v) is 2.64. The summed E-state index contributed by atoms with van der Waals surface area (Å²) in [5.41, 5.74) is 0.462. The van der Waals surface area contributed by atoms with Crippen LogP contribution in [0.5, 0.6) is 0 Å². The minimum Gasteiger partial charge on any atom is -0.370 e. The topological polar surface area (TPSA) is 48.7 Å². The summed E-state index contributed by atoms with van der Waals surface area (Å²) in [4.78, 5) is 4.13. The van der Waals surface area contributed by atoms with Crippen LogP contribution in [0.2, 0.25) is 0 Å². The molecule has 0 fully saturated rings. The molecule has 0 radical (unpaired) electrons. The molecule has 15 heavy (non-hydrogen) atoms.